The molecule has 154 valence electrons. The highest BCUT2D eigenvalue weighted by molar-refractivity contribution is 7.80. The Morgan fingerprint density at radius 1 is 1.13 bits per heavy atom. The summed E-state index contributed by atoms with van der Waals surface area (Å²) in [5.41, 5.74) is 2.76. The van der Waals surface area contributed by atoms with Gasteiger partial charge in [0.1, 0.15) is 6.54 Å². The van der Waals surface area contributed by atoms with E-state index < -0.39 is 0 Å². The molecular formula is C23H25N5OS. The van der Waals surface area contributed by atoms with E-state index in [1.807, 2.05) is 59.5 Å². The van der Waals surface area contributed by atoms with Gasteiger partial charge in [0.15, 0.2) is 5.11 Å². The summed E-state index contributed by atoms with van der Waals surface area (Å²) in [7, 11) is 0. The molecule has 7 heteroatoms. The highest BCUT2D eigenvalue weighted by Crippen LogP contribution is 2.39. The number of carbonyl (C=O) groups excluding carboxylic acids is 1. The molecule has 0 radical (unpaired) electrons. The molecule has 0 spiro atoms. The molecule has 30 heavy (non-hydrogen) atoms. The normalized spacial score (nSPS) is 18.5. The van der Waals surface area contributed by atoms with Gasteiger partial charge < -0.3 is 20.1 Å². The molecule has 1 aliphatic rings. The van der Waals surface area contributed by atoms with Crippen LogP contribution in [0.25, 0.3) is 0 Å². The van der Waals surface area contributed by atoms with Crippen molar-refractivity contribution in [3.8, 4) is 0 Å². The lowest BCUT2D eigenvalue weighted by molar-refractivity contribution is -0.116. The van der Waals surface area contributed by atoms with Crippen molar-refractivity contribution in [3.63, 3.8) is 0 Å². The van der Waals surface area contributed by atoms with Crippen molar-refractivity contribution in [1.29, 1.82) is 0 Å². The van der Waals surface area contributed by atoms with E-state index in [0.29, 0.717) is 5.11 Å². The van der Waals surface area contributed by atoms with Crippen LogP contribution in [0.15, 0.2) is 73.1 Å². The minimum Gasteiger partial charge on any atom is -0.352 e. The first kappa shape index (κ1) is 20.1. The average molecular weight is 420 g/mol. The van der Waals surface area contributed by atoms with Gasteiger partial charge in [-0.05, 0) is 62.5 Å². The molecule has 0 unspecified atom stereocenters. The fourth-order valence-electron chi connectivity index (χ4n) is 3.90. The number of pyridine rings is 1. The van der Waals surface area contributed by atoms with E-state index in [4.69, 9.17) is 12.2 Å². The van der Waals surface area contributed by atoms with Gasteiger partial charge in [-0.1, -0.05) is 24.3 Å². The number of nitrogens with one attached hydrogen (secondary N) is 2. The maximum atomic E-state index is 12.8. The molecule has 1 amide bonds. The largest absolute Gasteiger partial charge is 0.352 e. The van der Waals surface area contributed by atoms with Crippen molar-refractivity contribution in [2.45, 2.75) is 32.0 Å². The fraction of sp³-hybridized carbons (Fsp3) is 0.261. The fourth-order valence-corrected chi connectivity index (χ4v) is 4.21. The van der Waals surface area contributed by atoms with E-state index in [2.05, 4.69) is 46.3 Å². The number of rotatable bonds is 6. The SMILES string of the molecule is CC(C)n1cccc1[C@@H]1[C@H](c2ccccn2)NC(=S)N1CC(=O)Nc1ccccc1. The molecule has 4 rings (SSSR count). The number of para-hydroxylation sites is 1. The second-order valence-electron chi connectivity index (χ2n) is 7.60. The van der Waals surface area contributed by atoms with Gasteiger partial charge in [0.05, 0.1) is 17.8 Å². The number of nitrogens with zero attached hydrogens (tertiary/aromatic N) is 3. The van der Waals surface area contributed by atoms with E-state index in [0.717, 1.165) is 17.1 Å². The molecule has 2 aromatic heterocycles. The second kappa shape index (κ2) is 8.67. The van der Waals surface area contributed by atoms with Crippen LogP contribution in [0.4, 0.5) is 5.69 Å². The van der Waals surface area contributed by atoms with Gasteiger partial charge in [-0.15, -0.1) is 0 Å². The van der Waals surface area contributed by atoms with Crippen LogP contribution in [0.2, 0.25) is 0 Å². The molecule has 1 fully saturated rings. The Morgan fingerprint density at radius 3 is 2.60 bits per heavy atom. The van der Waals surface area contributed by atoms with Crippen LogP contribution in [0.1, 0.15) is 43.4 Å². The lowest BCUT2D eigenvalue weighted by Crippen LogP contribution is -2.37. The van der Waals surface area contributed by atoms with Gasteiger partial charge in [-0.25, -0.2) is 0 Å². The number of hydrogen-bond acceptors (Lipinski definition) is 3. The maximum Gasteiger partial charge on any atom is 0.244 e. The third-order valence-corrected chi connectivity index (χ3v) is 5.59. The Bertz CT molecular complexity index is 1020. The van der Waals surface area contributed by atoms with Crippen LogP contribution in [0.5, 0.6) is 0 Å². The van der Waals surface area contributed by atoms with Gasteiger partial charge in [0.25, 0.3) is 0 Å². The van der Waals surface area contributed by atoms with Crippen molar-refractivity contribution < 1.29 is 4.79 Å². The first-order chi connectivity index (χ1) is 14.5. The summed E-state index contributed by atoms with van der Waals surface area (Å²) in [5, 5.41) is 6.90. The Balaban J connectivity index is 1.66. The minimum absolute atomic E-state index is 0.111. The van der Waals surface area contributed by atoms with Crippen LogP contribution in [-0.4, -0.2) is 32.0 Å². The van der Waals surface area contributed by atoms with E-state index in [1.165, 1.54) is 0 Å². The van der Waals surface area contributed by atoms with Crippen LogP contribution in [0.3, 0.4) is 0 Å². The van der Waals surface area contributed by atoms with Crippen LogP contribution >= 0.6 is 12.2 Å². The van der Waals surface area contributed by atoms with Gasteiger partial charge in [-0.2, -0.15) is 0 Å². The lowest BCUT2D eigenvalue weighted by Gasteiger charge is -2.29. The molecule has 2 atom stereocenters. The Kier molecular flexibility index (Phi) is 5.81. The van der Waals surface area contributed by atoms with E-state index in [1.54, 1.807) is 6.20 Å². The number of anilines is 1. The first-order valence-electron chi connectivity index (χ1n) is 10.0. The molecule has 6 nitrogen and oxygen atoms in total. The van der Waals surface area contributed by atoms with Gasteiger partial charge in [0.2, 0.25) is 5.91 Å². The standard InChI is InChI=1S/C23H25N5OS/c1-16(2)27-14-8-12-19(27)22-21(18-11-6-7-13-24-18)26-23(30)28(22)15-20(29)25-17-9-4-3-5-10-17/h3-14,16,21-22H,15H2,1-2H3,(H,25,29)(H,26,30)/t21-,22+/m0/s1. The van der Waals surface area contributed by atoms with Gasteiger partial charge in [0, 0.05) is 29.8 Å². The Hall–Kier alpha value is -3.19. The molecule has 3 heterocycles. The summed E-state index contributed by atoms with van der Waals surface area (Å²) in [6.07, 6.45) is 3.85. The highest BCUT2D eigenvalue weighted by atomic mass is 32.1. The zero-order valence-electron chi connectivity index (χ0n) is 17.0. The van der Waals surface area contributed by atoms with Crippen molar-refractivity contribution in [1.82, 2.24) is 19.8 Å². The highest BCUT2D eigenvalue weighted by Gasteiger charge is 2.42. The summed E-state index contributed by atoms with van der Waals surface area (Å²) in [6.45, 7) is 4.44. The van der Waals surface area contributed by atoms with Crippen LogP contribution < -0.4 is 10.6 Å². The number of thiocarbonyl (C=S) groups is 1. The summed E-state index contributed by atoms with van der Waals surface area (Å²) < 4.78 is 2.22. The zero-order chi connectivity index (χ0) is 21.1. The van der Waals surface area contributed by atoms with Crippen LogP contribution in [-0.2, 0) is 4.79 Å². The molecule has 0 bridgehead atoms. The van der Waals surface area contributed by atoms with Crippen molar-refractivity contribution in [2.24, 2.45) is 0 Å². The number of aromatic nitrogens is 2. The van der Waals surface area contributed by atoms with Crippen LogP contribution in [0, 0.1) is 0 Å². The number of amides is 1. The lowest BCUT2D eigenvalue weighted by atomic mass is 10.0. The number of hydrogen-bond donors (Lipinski definition) is 2. The Morgan fingerprint density at radius 2 is 1.90 bits per heavy atom. The predicted octanol–water partition coefficient (Wildman–Crippen LogP) is 4.08. The summed E-state index contributed by atoms with van der Waals surface area (Å²) in [5.74, 6) is -0.111. The summed E-state index contributed by atoms with van der Waals surface area (Å²) >= 11 is 5.66. The van der Waals surface area contributed by atoms with E-state index in [-0.39, 0.29) is 30.6 Å². The van der Waals surface area contributed by atoms with Crippen molar-refractivity contribution in [2.75, 3.05) is 11.9 Å². The summed E-state index contributed by atoms with van der Waals surface area (Å²) in [6, 6.07) is 19.4. The molecule has 0 saturated carbocycles. The van der Waals surface area contributed by atoms with E-state index in [9.17, 15) is 4.79 Å². The second-order valence-corrected chi connectivity index (χ2v) is 7.99. The minimum atomic E-state index is -0.147. The average Bonchev–Trinajstić information content (AvgIpc) is 3.34. The maximum absolute atomic E-state index is 12.8. The number of carbonyl (C=O) groups is 1. The number of benzene rings is 1. The molecule has 3 aromatic rings. The molecular weight excluding hydrogens is 394 g/mol. The monoisotopic (exact) mass is 419 g/mol. The van der Waals surface area contributed by atoms with Crippen molar-refractivity contribution in [3.05, 3.63) is 84.4 Å². The smallest absolute Gasteiger partial charge is 0.244 e. The molecule has 0 aliphatic carbocycles. The zero-order valence-corrected chi connectivity index (χ0v) is 17.8. The molecule has 1 aromatic carbocycles. The van der Waals surface area contributed by atoms with Gasteiger partial charge >= 0.3 is 0 Å². The van der Waals surface area contributed by atoms with Gasteiger partial charge in [-0.3, -0.25) is 9.78 Å². The Labute approximate surface area is 181 Å². The molecule has 2 N–H and O–H groups in total. The van der Waals surface area contributed by atoms with E-state index >= 15 is 0 Å². The third-order valence-electron chi connectivity index (χ3n) is 5.24. The molecule has 1 aliphatic heterocycles. The molecule has 1 saturated heterocycles. The quantitative estimate of drug-likeness (QED) is 0.590. The topological polar surface area (TPSA) is 62.2 Å². The third kappa shape index (κ3) is 4.07. The summed E-state index contributed by atoms with van der Waals surface area (Å²) in [4.78, 5) is 19.3. The van der Waals surface area contributed by atoms with Crippen molar-refractivity contribution >= 4 is 28.9 Å². The first-order valence-corrected chi connectivity index (χ1v) is 10.4. The predicted molar refractivity (Wildman–Crippen MR) is 122 cm³/mol.